The third-order valence-electron chi connectivity index (χ3n) is 4.65. The molecule has 0 saturated heterocycles. The molecule has 0 heterocycles. The second-order valence-corrected chi connectivity index (χ2v) is 28.8. The summed E-state index contributed by atoms with van der Waals surface area (Å²) in [5.74, 6) is 0. The number of aldehydes is 3. The van der Waals surface area contributed by atoms with Gasteiger partial charge in [-0.3, -0.25) is 0 Å². The van der Waals surface area contributed by atoms with Gasteiger partial charge >= 0.3 is 187 Å². The molecule has 0 aliphatic heterocycles. The second kappa shape index (κ2) is 18.9. The van der Waals surface area contributed by atoms with Crippen molar-refractivity contribution in [1.29, 1.82) is 0 Å². The third kappa shape index (κ3) is 14.7. The van der Waals surface area contributed by atoms with Gasteiger partial charge in [-0.05, 0) is 0 Å². The molecule has 6 nitrogen and oxygen atoms in total. The number of hydrogen-bond acceptors (Lipinski definition) is 6. The Morgan fingerprint density at radius 3 is 1.14 bits per heavy atom. The van der Waals surface area contributed by atoms with E-state index in [1.165, 1.54) is 0 Å². The SMILES string of the molecule is CCCCOC(C=O)[CH2][Sn]([Br])([CH2]C(C=O)OCCCC)[CH2]C(C=O)OCCCC. The monoisotopic (exact) mass is 586 g/mol. The van der Waals surface area contributed by atoms with E-state index in [1.807, 2.05) is 0 Å². The number of halogens is 1. The Labute approximate surface area is 186 Å². The maximum atomic E-state index is 11.6. The van der Waals surface area contributed by atoms with E-state index in [-0.39, 0.29) is 0 Å². The molecule has 0 aromatic carbocycles. The molecule has 0 saturated carbocycles. The summed E-state index contributed by atoms with van der Waals surface area (Å²) >= 11 is 0.599. The van der Waals surface area contributed by atoms with Crippen LogP contribution in [0.15, 0.2) is 0 Å². The first-order valence-electron chi connectivity index (χ1n) is 10.9. The number of rotatable bonds is 21. The van der Waals surface area contributed by atoms with Crippen LogP contribution in [0, 0.1) is 0 Å². The maximum absolute atomic E-state index is 11.6. The molecule has 3 atom stereocenters. The predicted octanol–water partition coefficient (Wildman–Crippen LogP) is 4.48. The molecule has 0 aliphatic rings. The molecule has 0 bridgehead atoms. The fraction of sp³-hybridized carbons (Fsp3) is 0.857. The van der Waals surface area contributed by atoms with Crippen LogP contribution in [0.4, 0.5) is 0 Å². The molecule has 0 rings (SSSR count). The van der Waals surface area contributed by atoms with E-state index in [1.54, 1.807) is 0 Å². The van der Waals surface area contributed by atoms with Crippen molar-refractivity contribution in [3.05, 3.63) is 0 Å². The van der Waals surface area contributed by atoms with Gasteiger partial charge in [0.15, 0.2) is 0 Å². The fourth-order valence-electron chi connectivity index (χ4n) is 2.91. The van der Waals surface area contributed by atoms with Crippen LogP contribution in [0.1, 0.15) is 59.3 Å². The van der Waals surface area contributed by atoms with E-state index in [2.05, 4.69) is 33.5 Å². The van der Waals surface area contributed by atoms with E-state index < -0.39 is 34.5 Å². The van der Waals surface area contributed by atoms with Crippen molar-refractivity contribution in [2.24, 2.45) is 0 Å². The molecule has 0 aromatic rings. The van der Waals surface area contributed by atoms with Crippen molar-refractivity contribution in [1.82, 2.24) is 0 Å². The quantitative estimate of drug-likeness (QED) is 0.112. The van der Waals surface area contributed by atoms with Gasteiger partial charge in [-0.1, -0.05) is 0 Å². The first kappa shape index (κ1) is 29.2. The molecule has 0 N–H and O–H groups in total. The standard InChI is InChI=1S/3C7H13O2.BrH.Sn/c3*1-3-4-5-9-7(2)6-8;;/h3*6-7H,2-5H2,1H3;1H;/q;;;;+1/p-1. The van der Waals surface area contributed by atoms with Crippen molar-refractivity contribution >= 4 is 47.7 Å². The van der Waals surface area contributed by atoms with Gasteiger partial charge in [0.25, 0.3) is 0 Å². The van der Waals surface area contributed by atoms with Crippen molar-refractivity contribution in [2.45, 2.75) is 90.9 Å². The molecule has 0 radical (unpaired) electrons. The average Bonchev–Trinajstić information content (AvgIpc) is 2.72. The van der Waals surface area contributed by atoms with Crippen LogP contribution >= 0.6 is 12.7 Å². The van der Waals surface area contributed by atoms with Crippen molar-refractivity contribution < 1.29 is 28.6 Å². The van der Waals surface area contributed by atoms with E-state index in [0.29, 0.717) is 33.1 Å². The first-order chi connectivity index (χ1) is 14.0. The molecule has 170 valence electrons. The molecular formula is C21H39BrO6Sn. The fourth-order valence-corrected chi connectivity index (χ4v) is 18.8. The van der Waals surface area contributed by atoms with Gasteiger partial charge in [-0.15, -0.1) is 0 Å². The number of ether oxygens (including phenoxy) is 3. The molecule has 0 fully saturated rings. The van der Waals surface area contributed by atoms with Gasteiger partial charge in [0.05, 0.1) is 0 Å². The Hall–Kier alpha value is 0.169. The minimum atomic E-state index is -3.33. The number of hydrogen-bond donors (Lipinski definition) is 0. The second-order valence-electron chi connectivity index (χ2n) is 7.46. The van der Waals surface area contributed by atoms with Gasteiger partial charge in [0.2, 0.25) is 0 Å². The minimum absolute atomic E-state index is 0.525. The predicted molar refractivity (Wildman–Crippen MR) is 121 cm³/mol. The van der Waals surface area contributed by atoms with Gasteiger partial charge < -0.3 is 0 Å². The topological polar surface area (TPSA) is 78.9 Å². The van der Waals surface area contributed by atoms with Crippen molar-refractivity contribution in [3.63, 3.8) is 0 Å². The molecule has 0 aliphatic carbocycles. The number of unbranched alkanes of at least 4 members (excludes halogenated alkanes) is 3. The van der Waals surface area contributed by atoms with Gasteiger partial charge in [0.1, 0.15) is 0 Å². The Morgan fingerprint density at radius 1 is 0.655 bits per heavy atom. The van der Waals surface area contributed by atoms with Gasteiger partial charge in [-0.2, -0.15) is 0 Å². The Bertz CT molecular complexity index is 378. The molecule has 29 heavy (non-hydrogen) atoms. The number of carbonyl (C=O) groups is 3. The summed E-state index contributed by atoms with van der Waals surface area (Å²) in [6.07, 6.45) is 6.59. The summed E-state index contributed by atoms with van der Waals surface area (Å²) in [7, 11) is 0. The zero-order chi connectivity index (χ0) is 22.0. The summed E-state index contributed by atoms with van der Waals surface area (Å²) in [6.45, 7) is 7.79. The summed E-state index contributed by atoms with van der Waals surface area (Å²) in [5.41, 5.74) is 0. The molecule has 0 aromatic heterocycles. The Kier molecular flexibility index (Phi) is 19.0. The van der Waals surface area contributed by atoms with Crippen LogP contribution in [0.25, 0.3) is 0 Å². The first-order valence-corrected chi connectivity index (χ1v) is 23.3. The normalized spacial score (nSPS) is 16.6. The summed E-state index contributed by atoms with van der Waals surface area (Å²) in [6, 6.07) is 0. The molecule has 0 spiro atoms. The van der Waals surface area contributed by atoms with Crippen LogP contribution in [-0.2, 0) is 28.6 Å². The molecule has 3 unspecified atom stereocenters. The van der Waals surface area contributed by atoms with Crippen molar-refractivity contribution in [2.75, 3.05) is 19.8 Å². The average molecular weight is 586 g/mol. The molecule has 0 amide bonds. The Balaban J connectivity index is 5.20. The van der Waals surface area contributed by atoms with Crippen molar-refractivity contribution in [3.8, 4) is 0 Å². The zero-order valence-electron chi connectivity index (χ0n) is 18.3. The van der Waals surface area contributed by atoms with E-state index in [4.69, 9.17) is 14.2 Å². The van der Waals surface area contributed by atoms with Crippen LogP contribution in [0.3, 0.4) is 0 Å². The zero-order valence-corrected chi connectivity index (χ0v) is 22.7. The van der Waals surface area contributed by atoms with Crippen LogP contribution in [-0.4, -0.2) is 73.1 Å². The molecule has 8 heteroatoms. The Morgan fingerprint density at radius 2 is 0.931 bits per heavy atom. The van der Waals surface area contributed by atoms with E-state index in [9.17, 15) is 14.4 Å². The van der Waals surface area contributed by atoms with Gasteiger partial charge in [0, 0.05) is 0 Å². The summed E-state index contributed by atoms with van der Waals surface area (Å²) in [4.78, 5) is 34.8. The van der Waals surface area contributed by atoms with E-state index in [0.717, 1.165) is 57.4 Å². The van der Waals surface area contributed by atoms with Gasteiger partial charge in [-0.25, -0.2) is 0 Å². The summed E-state index contributed by atoms with van der Waals surface area (Å²) < 4.78 is 18.9. The van der Waals surface area contributed by atoms with Crippen LogP contribution in [0.2, 0.25) is 13.3 Å². The van der Waals surface area contributed by atoms with Crippen LogP contribution in [0.5, 0.6) is 0 Å². The number of carbonyl (C=O) groups excluding carboxylic acids is 3. The molecular weight excluding hydrogens is 547 g/mol. The third-order valence-corrected chi connectivity index (χ3v) is 20.9. The van der Waals surface area contributed by atoms with E-state index >= 15 is 0 Å². The van der Waals surface area contributed by atoms with Crippen LogP contribution < -0.4 is 0 Å². The summed E-state index contributed by atoms with van der Waals surface area (Å²) in [5, 5.41) is 0.